The maximum absolute atomic E-state index is 10.6. The van der Waals surface area contributed by atoms with Crippen LogP contribution in [0, 0.1) is 0 Å². The first-order chi connectivity index (χ1) is 11.6. The fourth-order valence-corrected chi connectivity index (χ4v) is 4.14. The van der Waals surface area contributed by atoms with Gasteiger partial charge in [-0.2, -0.15) is 0 Å². The van der Waals surface area contributed by atoms with Gasteiger partial charge in [0, 0.05) is 26.2 Å². The predicted molar refractivity (Wildman–Crippen MR) is 101 cm³/mol. The number of benzene rings is 1. The molecule has 0 aliphatic carbocycles. The van der Waals surface area contributed by atoms with Crippen LogP contribution in [0.3, 0.4) is 0 Å². The van der Waals surface area contributed by atoms with Crippen LogP contribution in [0.1, 0.15) is 25.7 Å². The summed E-state index contributed by atoms with van der Waals surface area (Å²) in [6.45, 7) is 6.94. The second-order valence-corrected chi connectivity index (χ2v) is 7.76. The smallest absolute Gasteiger partial charge is 0.0825 e. The van der Waals surface area contributed by atoms with E-state index in [-0.39, 0.29) is 0 Å². The Hall–Kier alpha value is -0.520. The molecule has 1 aromatic rings. The first kappa shape index (κ1) is 18.3. The molecule has 24 heavy (non-hydrogen) atoms. The molecule has 1 aromatic carbocycles. The number of hydrogen-bond acceptors (Lipinski definition) is 4. The third-order valence-electron chi connectivity index (χ3n) is 5.29. The second-order valence-electron chi connectivity index (χ2n) is 6.98. The summed E-state index contributed by atoms with van der Waals surface area (Å²) in [6, 6.07) is 5.82. The van der Waals surface area contributed by atoms with Gasteiger partial charge in [0.1, 0.15) is 0 Å². The van der Waals surface area contributed by atoms with Crippen molar-refractivity contribution in [3.8, 4) is 0 Å². The van der Waals surface area contributed by atoms with Gasteiger partial charge in [-0.05, 0) is 57.5 Å². The Morgan fingerprint density at radius 2 is 1.79 bits per heavy atom. The summed E-state index contributed by atoms with van der Waals surface area (Å²) in [4.78, 5) is 4.80. The minimum absolute atomic E-state index is 0.443. The van der Waals surface area contributed by atoms with Crippen LogP contribution < -0.4 is 10.2 Å². The van der Waals surface area contributed by atoms with Crippen LogP contribution in [0.2, 0.25) is 10.0 Å². The van der Waals surface area contributed by atoms with Gasteiger partial charge in [-0.25, -0.2) is 0 Å². The van der Waals surface area contributed by atoms with Gasteiger partial charge in [-0.15, -0.1) is 0 Å². The molecule has 0 radical (unpaired) electrons. The zero-order valence-electron chi connectivity index (χ0n) is 14.1. The molecule has 3 rings (SSSR count). The number of anilines is 1. The molecule has 0 unspecified atom stereocenters. The summed E-state index contributed by atoms with van der Waals surface area (Å²) < 4.78 is 0. The highest BCUT2D eigenvalue weighted by atomic mass is 35.5. The average molecular weight is 372 g/mol. The normalized spacial score (nSPS) is 21.9. The van der Waals surface area contributed by atoms with E-state index in [1.165, 1.54) is 0 Å². The van der Waals surface area contributed by atoms with Crippen molar-refractivity contribution in [3.63, 3.8) is 0 Å². The number of hydrogen-bond donors (Lipinski definition) is 2. The van der Waals surface area contributed by atoms with Crippen molar-refractivity contribution in [1.82, 2.24) is 10.2 Å². The minimum atomic E-state index is -0.443. The number of nitrogens with zero attached hydrogens (tertiary/aromatic N) is 2. The van der Waals surface area contributed by atoms with Crippen LogP contribution in [0.4, 0.5) is 5.69 Å². The average Bonchev–Trinajstić information content (AvgIpc) is 2.59. The van der Waals surface area contributed by atoms with Crippen molar-refractivity contribution in [2.45, 2.75) is 31.3 Å². The number of piperidine rings is 1. The minimum Gasteiger partial charge on any atom is -0.390 e. The van der Waals surface area contributed by atoms with Crippen molar-refractivity contribution in [2.24, 2.45) is 0 Å². The molecule has 2 aliphatic rings. The zero-order valence-corrected chi connectivity index (χ0v) is 15.6. The summed E-state index contributed by atoms with van der Waals surface area (Å²) >= 11 is 12.4. The molecule has 2 aliphatic heterocycles. The standard InChI is InChI=1S/C18H27Cl2N3O/c19-15-3-1-4-16(17(15)20)23-13-11-22(12-14-23)10-2-5-18(24)6-8-21-9-7-18/h1,3-4,21,24H,2,5-14H2. The summed E-state index contributed by atoms with van der Waals surface area (Å²) in [7, 11) is 0. The highest BCUT2D eigenvalue weighted by Gasteiger charge is 2.28. The molecule has 0 bridgehead atoms. The largest absolute Gasteiger partial charge is 0.390 e. The highest BCUT2D eigenvalue weighted by molar-refractivity contribution is 6.43. The van der Waals surface area contributed by atoms with Crippen LogP contribution in [-0.4, -0.2) is 61.4 Å². The fourth-order valence-electron chi connectivity index (χ4n) is 3.72. The third-order valence-corrected chi connectivity index (χ3v) is 6.10. The lowest BCUT2D eigenvalue weighted by Gasteiger charge is -2.37. The molecule has 0 saturated carbocycles. The van der Waals surface area contributed by atoms with E-state index in [0.29, 0.717) is 10.0 Å². The van der Waals surface area contributed by atoms with E-state index in [0.717, 1.165) is 77.2 Å². The Balaban J connectivity index is 1.43. The lowest BCUT2D eigenvalue weighted by Crippen LogP contribution is -2.47. The van der Waals surface area contributed by atoms with E-state index in [2.05, 4.69) is 15.1 Å². The molecule has 134 valence electrons. The van der Waals surface area contributed by atoms with Crippen LogP contribution in [0.15, 0.2) is 18.2 Å². The Labute approximate surface area is 154 Å². The molecule has 2 N–H and O–H groups in total. The Bertz CT molecular complexity index is 541. The molecule has 4 nitrogen and oxygen atoms in total. The highest BCUT2D eigenvalue weighted by Crippen LogP contribution is 2.33. The Morgan fingerprint density at radius 1 is 1.08 bits per heavy atom. The quantitative estimate of drug-likeness (QED) is 0.834. The molecular formula is C18H27Cl2N3O. The van der Waals surface area contributed by atoms with Gasteiger partial charge in [0.05, 0.1) is 21.3 Å². The topological polar surface area (TPSA) is 38.7 Å². The summed E-state index contributed by atoms with van der Waals surface area (Å²) in [5, 5.41) is 15.1. The number of rotatable bonds is 5. The lowest BCUT2D eigenvalue weighted by molar-refractivity contribution is -0.00134. The maximum Gasteiger partial charge on any atom is 0.0825 e. The molecule has 0 atom stereocenters. The first-order valence-corrected chi connectivity index (χ1v) is 9.67. The van der Waals surface area contributed by atoms with E-state index >= 15 is 0 Å². The second kappa shape index (κ2) is 8.24. The van der Waals surface area contributed by atoms with Gasteiger partial charge in [0.2, 0.25) is 0 Å². The summed E-state index contributed by atoms with van der Waals surface area (Å²) in [6.07, 6.45) is 3.74. The first-order valence-electron chi connectivity index (χ1n) is 8.92. The molecular weight excluding hydrogens is 345 g/mol. The van der Waals surface area contributed by atoms with Crippen molar-refractivity contribution >= 4 is 28.9 Å². The fraction of sp³-hybridized carbons (Fsp3) is 0.667. The third kappa shape index (κ3) is 4.55. The number of aliphatic hydroxyl groups is 1. The number of nitrogens with one attached hydrogen (secondary N) is 1. The van der Waals surface area contributed by atoms with Crippen LogP contribution in [0.5, 0.6) is 0 Å². The molecule has 2 saturated heterocycles. The molecule has 2 fully saturated rings. The zero-order chi connectivity index (χ0) is 17.0. The SMILES string of the molecule is OC1(CCCN2CCN(c3cccc(Cl)c3Cl)CC2)CCNCC1. The van der Waals surface area contributed by atoms with Gasteiger partial charge >= 0.3 is 0 Å². The monoisotopic (exact) mass is 371 g/mol. The predicted octanol–water partition coefficient (Wildman–Crippen LogP) is 3.01. The summed E-state index contributed by atoms with van der Waals surface area (Å²) in [5.41, 5.74) is 0.592. The van der Waals surface area contributed by atoms with Crippen LogP contribution in [-0.2, 0) is 0 Å². The molecule has 6 heteroatoms. The lowest BCUT2D eigenvalue weighted by atomic mass is 9.88. The number of halogens is 2. The van der Waals surface area contributed by atoms with E-state index in [4.69, 9.17) is 23.2 Å². The van der Waals surface area contributed by atoms with Crippen molar-refractivity contribution in [3.05, 3.63) is 28.2 Å². The van der Waals surface area contributed by atoms with E-state index in [9.17, 15) is 5.11 Å². The van der Waals surface area contributed by atoms with Crippen molar-refractivity contribution in [2.75, 3.05) is 50.7 Å². The van der Waals surface area contributed by atoms with Gasteiger partial charge in [0.15, 0.2) is 0 Å². The van der Waals surface area contributed by atoms with E-state index in [1.54, 1.807) is 0 Å². The maximum atomic E-state index is 10.6. The van der Waals surface area contributed by atoms with Gasteiger partial charge < -0.3 is 15.3 Å². The van der Waals surface area contributed by atoms with Gasteiger partial charge in [-0.3, -0.25) is 4.90 Å². The summed E-state index contributed by atoms with van der Waals surface area (Å²) in [5.74, 6) is 0. The molecule has 2 heterocycles. The molecule has 0 spiro atoms. The van der Waals surface area contributed by atoms with Crippen molar-refractivity contribution < 1.29 is 5.11 Å². The Kier molecular flexibility index (Phi) is 6.27. The van der Waals surface area contributed by atoms with E-state index in [1.807, 2.05) is 18.2 Å². The van der Waals surface area contributed by atoms with Gasteiger partial charge in [0.25, 0.3) is 0 Å². The Morgan fingerprint density at radius 3 is 2.50 bits per heavy atom. The number of piperazine rings is 1. The van der Waals surface area contributed by atoms with Crippen LogP contribution in [0.25, 0.3) is 0 Å². The van der Waals surface area contributed by atoms with Crippen LogP contribution >= 0.6 is 23.2 Å². The van der Waals surface area contributed by atoms with E-state index < -0.39 is 5.60 Å². The van der Waals surface area contributed by atoms with Gasteiger partial charge in [-0.1, -0.05) is 29.3 Å². The molecule has 0 amide bonds. The van der Waals surface area contributed by atoms with Crippen molar-refractivity contribution in [1.29, 1.82) is 0 Å². The molecule has 0 aromatic heterocycles.